The fourth-order valence-electron chi connectivity index (χ4n) is 2.25. The van der Waals surface area contributed by atoms with E-state index in [0.717, 1.165) is 5.56 Å². The zero-order valence-electron chi connectivity index (χ0n) is 12.7. The van der Waals surface area contributed by atoms with Crippen molar-refractivity contribution in [3.63, 3.8) is 0 Å². The quantitative estimate of drug-likeness (QED) is 0.911. The van der Waals surface area contributed by atoms with Crippen molar-refractivity contribution in [1.82, 2.24) is 5.32 Å². The molecule has 1 amide bonds. The van der Waals surface area contributed by atoms with Crippen LogP contribution in [0.5, 0.6) is 5.75 Å². The molecule has 0 spiro atoms. The third kappa shape index (κ3) is 4.35. The van der Waals surface area contributed by atoms with Crippen LogP contribution >= 0.6 is 0 Å². The Morgan fingerprint density at radius 3 is 2.57 bits per heavy atom. The van der Waals surface area contributed by atoms with Crippen molar-refractivity contribution < 1.29 is 9.53 Å². The van der Waals surface area contributed by atoms with Gasteiger partial charge in [0, 0.05) is 0 Å². The van der Waals surface area contributed by atoms with E-state index in [1.54, 1.807) is 0 Å². The Morgan fingerprint density at radius 1 is 1.14 bits per heavy atom. The van der Waals surface area contributed by atoms with E-state index in [-0.39, 0.29) is 18.6 Å². The van der Waals surface area contributed by atoms with Crippen molar-refractivity contribution in [2.45, 2.75) is 26.8 Å². The number of nitrogens with one attached hydrogen (secondary N) is 1. The molecule has 0 bridgehead atoms. The third-order valence-corrected chi connectivity index (χ3v) is 3.39. The molecule has 1 atom stereocenters. The molecule has 0 aliphatic carbocycles. The van der Waals surface area contributed by atoms with Crippen LogP contribution in [-0.4, -0.2) is 12.5 Å². The monoisotopic (exact) mass is 283 g/mol. The summed E-state index contributed by atoms with van der Waals surface area (Å²) in [5.74, 6) is 0.583. The molecule has 3 heteroatoms. The largest absolute Gasteiger partial charge is 0.484 e. The summed E-state index contributed by atoms with van der Waals surface area (Å²) in [5.41, 5.74) is 3.51. The van der Waals surface area contributed by atoms with Crippen LogP contribution in [0, 0.1) is 13.8 Å². The standard InChI is InChI=1S/C18H21NO2/c1-13-9-10-14(2)17(11-13)15(3)19-18(20)12-21-16-7-5-4-6-8-16/h4-11,15H,12H2,1-3H3,(H,19,20)/t15-/m0/s1. The van der Waals surface area contributed by atoms with Crippen LogP contribution in [0.25, 0.3) is 0 Å². The average Bonchev–Trinajstić information content (AvgIpc) is 2.48. The van der Waals surface area contributed by atoms with E-state index >= 15 is 0 Å². The second kappa shape index (κ2) is 6.93. The van der Waals surface area contributed by atoms with E-state index in [9.17, 15) is 4.79 Å². The van der Waals surface area contributed by atoms with Crippen LogP contribution in [0.3, 0.4) is 0 Å². The number of rotatable bonds is 5. The maximum Gasteiger partial charge on any atom is 0.258 e. The van der Waals surface area contributed by atoms with Gasteiger partial charge in [-0.15, -0.1) is 0 Å². The van der Waals surface area contributed by atoms with Crippen LogP contribution in [0.15, 0.2) is 48.5 Å². The van der Waals surface area contributed by atoms with Gasteiger partial charge in [0.15, 0.2) is 6.61 Å². The smallest absolute Gasteiger partial charge is 0.258 e. The van der Waals surface area contributed by atoms with Crippen molar-refractivity contribution in [3.05, 3.63) is 65.2 Å². The minimum absolute atomic E-state index is 0.0270. The van der Waals surface area contributed by atoms with Crippen LogP contribution in [0.2, 0.25) is 0 Å². The third-order valence-electron chi connectivity index (χ3n) is 3.39. The first kappa shape index (κ1) is 15.1. The molecule has 21 heavy (non-hydrogen) atoms. The Bertz CT molecular complexity index is 608. The van der Waals surface area contributed by atoms with Crippen LogP contribution in [0.1, 0.15) is 29.7 Å². The van der Waals surface area contributed by atoms with Crippen LogP contribution in [-0.2, 0) is 4.79 Å². The fourth-order valence-corrected chi connectivity index (χ4v) is 2.25. The minimum Gasteiger partial charge on any atom is -0.484 e. The Kier molecular flexibility index (Phi) is 4.99. The van der Waals surface area contributed by atoms with Gasteiger partial charge >= 0.3 is 0 Å². The van der Waals surface area contributed by atoms with E-state index in [1.165, 1.54) is 11.1 Å². The van der Waals surface area contributed by atoms with Crippen molar-refractivity contribution in [2.24, 2.45) is 0 Å². The molecule has 0 radical (unpaired) electrons. The molecular weight excluding hydrogens is 262 g/mol. The van der Waals surface area contributed by atoms with Gasteiger partial charge in [0.1, 0.15) is 5.75 Å². The lowest BCUT2D eigenvalue weighted by molar-refractivity contribution is -0.123. The lowest BCUT2D eigenvalue weighted by Gasteiger charge is -2.17. The Labute approximate surface area is 126 Å². The van der Waals surface area contributed by atoms with Gasteiger partial charge in [0.2, 0.25) is 0 Å². The van der Waals surface area contributed by atoms with Crippen LogP contribution in [0.4, 0.5) is 0 Å². The molecule has 0 fully saturated rings. The summed E-state index contributed by atoms with van der Waals surface area (Å²) < 4.78 is 5.45. The molecule has 110 valence electrons. The number of amides is 1. The first-order valence-corrected chi connectivity index (χ1v) is 7.10. The van der Waals surface area contributed by atoms with E-state index in [2.05, 4.69) is 37.4 Å². The molecule has 2 aromatic carbocycles. The molecule has 0 aromatic heterocycles. The summed E-state index contributed by atoms with van der Waals surface area (Å²) in [6.45, 7) is 6.12. The van der Waals surface area contributed by atoms with Crippen LogP contribution < -0.4 is 10.1 Å². The predicted molar refractivity (Wildman–Crippen MR) is 84.4 cm³/mol. The molecule has 3 nitrogen and oxygen atoms in total. The molecule has 0 aliphatic rings. The highest BCUT2D eigenvalue weighted by Gasteiger charge is 2.12. The first-order valence-electron chi connectivity index (χ1n) is 7.10. The predicted octanol–water partition coefficient (Wildman–Crippen LogP) is 3.56. The number of aryl methyl sites for hydroxylation is 2. The maximum absolute atomic E-state index is 12.0. The maximum atomic E-state index is 12.0. The molecule has 2 rings (SSSR count). The number of carbonyl (C=O) groups is 1. The Hall–Kier alpha value is -2.29. The molecule has 0 saturated carbocycles. The van der Waals surface area contributed by atoms with Gasteiger partial charge in [-0.05, 0) is 44.0 Å². The van der Waals surface area contributed by atoms with Gasteiger partial charge in [0.05, 0.1) is 6.04 Å². The summed E-state index contributed by atoms with van der Waals surface area (Å²) in [4.78, 5) is 12.0. The number of hydrogen-bond acceptors (Lipinski definition) is 2. The summed E-state index contributed by atoms with van der Waals surface area (Å²) in [7, 11) is 0. The van der Waals surface area contributed by atoms with Gasteiger partial charge in [-0.3, -0.25) is 4.79 Å². The topological polar surface area (TPSA) is 38.3 Å². The van der Waals surface area contributed by atoms with Crippen molar-refractivity contribution >= 4 is 5.91 Å². The highest BCUT2D eigenvalue weighted by Crippen LogP contribution is 2.18. The molecule has 1 N–H and O–H groups in total. The molecule has 2 aromatic rings. The number of carbonyl (C=O) groups excluding carboxylic acids is 1. The second-order valence-corrected chi connectivity index (χ2v) is 5.25. The van der Waals surface area contributed by atoms with E-state index in [0.29, 0.717) is 5.75 Å². The Morgan fingerprint density at radius 2 is 1.86 bits per heavy atom. The highest BCUT2D eigenvalue weighted by molar-refractivity contribution is 5.78. The number of ether oxygens (including phenoxy) is 1. The van der Waals surface area contributed by atoms with E-state index in [1.807, 2.05) is 37.3 Å². The van der Waals surface area contributed by atoms with Gasteiger partial charge in [-0.1, -0.05) is 42.0 Å². The summed E-state index contributed by atoms with van der Waals surface area (Å²) in [5, 5.41) is 2.97. The first-order chi connectivity index (χ1) is 10.1. The average molecular weight is 283 g/mol. The van der Waals surface area contributed by atoms with E-state index in [4.69, 9.17) is 4.74 Å². The van der Waals surface area contributed by atoms with Crippen molar-refractivity contribution in [2.75, 3.05) is 6.61 Å². The van der Waals surface area contributed by atoms with E-state index < -0.39 is 0 Å². The second-order valence-electron chi connectivity index (χ2n) is 5.25. The number of para-hydroxylation sites is 1. The normalized spacial score (nSPS) is 11.8. The minimum atomic E-state index is -0.118. The number of hydrogen-bond donors (Lipinski definition) is 1. The summed E-state index contributed by atoms with van der Waals surface area (Å²) in [6, 6.07) is 15.6. The van der Waals surface area contributed by atoms with Crippen molar-refractivity contribution in [3.8, 4) is 5.75 Å². The van der Waals surface area contributed by atoms with Gasteiger partial charge < -0.3 is 10.1 Å². The highest BCUT2D eigenvalue weighted by atomic mass is 16.5. The molecule has 0 unspecified atom stereocenters. The van der Waals surface area contributed by atoms with Crippen molar-refractivity contribution in [1.29, 1.82) is 0 Å². The molecular formula is C18H21NO2. The number of benzene rings is 2. The van der Waals surface area contributed by atoms with Gasteiger partial charge in [-0.25, -0.2) is 0 Å². The summed E-state index contributed by atoms with van der Waals surface area (Å²) in [6.07, 6.45) is 0. The summed E-state index contributed by atoms with van der Waals surface area (Å²) >= 11 is 0. The SMILES string of the molecule is Cc1ccc(C)c([C@H](C)NC(=O)COc2ccccc2)c1. The lowest BCUT2D eigenvalue weighted by atomic mass is 10.00. The zero-order chi connectivity index (χ0) is 15.2. The van der Waals surface area contributed by atoms with Gasteiger partial charge in [0.25, 0.3) is 5.91 Å². The molecule has 0 aliphatic heterocycles. The molecule has 0 saturated heterocycles. The lowest BCUT2D eigenvalue weighted by Crippen LogP contribution is -2.31. The Balaban J connectivity index is 1.91. The molecule has 0 heterocycles. The fraction of sp³-hybridized carbons (Fsp3) is 0.278. The van der Waals surface area contributed by atoms with Gasteiger partial charge in [-0.2, -0.15) is 0 Å². The zero-order valence-corrected chi connectivity index (χ0v) is 12.7.